The number of nitrogens with one attached hydrogen (secondary N) is 1. The van der Waals surface area contributed by atoms with E-state index in [1.807, 2.05) is 0 Å². The fraction of sp³-hybridized carbons (Fsp3) is 0.455. The highest BCUT2D eigenvalue weighted by Gasteiger charge is 2.20. The smallest absolute Gasteiger partial charge is 0.191 e. The lowest BCUT2D eigenvalue weighted by Crippen LogP contribution is -2.28. The van der Waals surface area contributed by atoms with Crippen LogP contribution in [0.15, 0.2) is 18.3 Å². The molecule has 1 fully saturated rings. The van der Waals surface area contributed by atoms with Crippen LogP contribution in [0.4, 0.5) is 4.39 Å². The third kappa shape index (κ3) is 1.57. The van der Waals surface area contributed by atoms with E-state index in [1.54, 1.807) is 12.3 Å². The maximum absolute atomic E-state index is 13.4. The second kappa shape index (κ2) is 3.83. The molecule has 16 heavy (non-hydrogen) atoms. The molecule has 1 saturated heterocycles. The van der Waals surface area contributed by atoms with Crippen molar-refractivity contribution in [2.45, 2.75) is 18.8 Å². The summed E-state index contributed by atoms with van der Waals surface area (Å²) in [5.41, 5.74) is 0.322. The van der Waals surface area contributed by atoms with Gasteiger partial charge in [0.15, 0.2) is 17.3 Å². The van der Waals surface area contributed by atoms with Gasteiger partial charge in [0.25, 0.3) is 0 Å². The van der Waals surface area contributed by atoms with Gasteiger partial charge in [0.1, 0.15) is 0 Å². The Balaban J connectivity index is 2.01. The van der Waals surface area contributed by atoms with Gasteiger partial charge in [0.05, 0.1) is 0 Å². The average Bonchev–Trinajstić information content (AvgIpc) is 2.76. The minimum Gasteiger partial charge on any atom is -0.316 e. The highest BCUT2D eigenvalue weighted by molar-refractivity contribution is 5.39. The average molecular weight is 220 g/mol. The number of hydrogen-bond donors (Lipinski definition) is 1. The van der Waals surface area contributed by atoms with Gasteiger partial charge in [0, 0.05) is 18.7 Å². The zero-order valence-electron chi connectivity index (χ0n) is 8.86. The standard InChI is InChI=1S/C11H13FN4/c12-9-4-2-6-16-11(9)14-10(15-16)8-3-1-5-13-7-8/h2,4,6,8,13H,1,3,5,7H2. The number of hydrogen-bond acceptors (Lipinski definition) is 3. The van der Waals surface area contributed by atoms with E-state index in [0.717, 1.165) is 31.8 Å². The maximum atomic E-state index is 13.4. The molecule has 1 atom stereocenters. The Labute approximate surface area is 92.5 Å². The fourth-order valence-corrected chi connectivity index (χ4v) is 2.14. The molecule has 0 amide bonds. The van der Waals surface area contributed by atoms with E-state index in [-0.39, 0.29) is 5.82 Å². The first-order chi connectivity index (χ1) is 7.84. The zero-order chi connectivity index (χ0) is 11.0. The van der Waals surface area contributed by atoms with Crippen LogP contribution >= 0.6 is 0 Å². The summed E-state index contributed by atoms with van der Waals surface area (Å²) in [6.07, 6.45) is 3.93. The number of aromatic nitrogens is 3. The molecular weight excluding hydrogens is 207 g/mol. The van der Waals surface area contributed by atoms with Crippen molar-refractivity contribution in [3.8, 4) is 0 Å². The van der Waals surface area contributed by atoms with Crippen LogP contribution in [-0.2, 0) is 0 Å². The molecule has 0 radical (unpaired) electrons. The summed E-state index contributed by atoms with van der Waals surface area (Å²) in [5.74, 6) is 0.746. The van der Waals surface area contributed by atoms with Crippen LogP contribution in [0.1, 0.15) is 24.6 Å². The molecule has 84 valence electrons. The molecule has 0 saturated carbocycles. The summed E-state index contributed by atoms with van der Waals surface area (Å²) < 4.78 is 14.9. The van der Waals surface area contributed by atoms with Crippen molar-refractivity contribution < 1.29 is 4.39 Å². The Morgan fingerprint density at radius 3 is 3.19 bits per heavy atom. The van der Waals surface area contributed by atoms with Crippen LogP contribution in [0.5, 0.6) is 0 Å². The molecular formula is C11H13FN4. The van der Waals surface area contributed by atoms with Crippen LogP contribution in [0.2, 0.25) is 0 Å². The summed E-state index contributed by atoms with van der Waals surface area (Å²) in [6, 6.07) is 3.05. The largest absolute Gasteiger partial charge is 0.316 e. The third-order valence-corrected chi connectivity index (χ3v) is 2.99. The van der Waals surface area contributed by atoms with Crippen molar-refractivity contribution in [3.05, 3.63) is 30.0 Å². The van der Waals surface area contributed by atoms with E-state index in [2.05, 4.69) is 15.4 Å². The minimum absolute atomic E-state index is 0.313. The molecule has 0 spiro atoms. The van der Waals surface area contributed by atoms with Gasteiger partial charge < -0.3 is 5.32 Å². The SMILES string of the molecule is Fc1cccn2nc(C3CCCNC3)nc12. The second-order valence-corrected chi connectivity index (χ2v) is 4.14. The molecule has 3 rings (SSSR count). The Hall–Kier alpha value is -1.49. The maximum Gasteiger partial charge on any atom is 0.191 e. The topological polar surface area (TPSA) is 42.2 Å². The molecule has 3 heterocycles. The molecule has 4 nitrogen and oxygen atoms in total. The van der Waals surface area contributed by atoms with Gasteiger partial charge >= 0.3 is 0 Å². The van der Waals surface area contributed by atoms with Gasteiger partial charge in [-0.05, 0) is 31.5 Å². The normalized spacial score (nSPS) is 21.4. The highest BCUT2D eigenvalue weighted by Crippen LogP contribution is 2.21. The molecule has 1 aliphatic rings. The van der Waals surface area contributed by atoms with E-state index in [9.17, 15) is 4.39 Å². The van der Waals surface area contributed by atoms with Gasteiger partial charge in [-0.25, -0.2) is 13.9 Å². The Morgan fingerprint density at radius 2 is 2.44 bits per heavy atom. The monoisotopic (exact) mass is 220 g/mol. The Morgan fingerprint density at radius 1 is 1.50 bits per heavy atom. The van der Waals surface area contributed by atoms with Crippen LogP contribution in [0.3, 0.4) is 0 Å². The van der Waals surface area contributed by atoms with E-state index < -0.39 is 0 Å². The fourth-order valence-electron chi connectivity index (χ4n) is 2.14. The van der Waals surface area contributed by atoms with Crippen molar-refractivity contribution in [1.82, 2.24) is 19.9 Å². The quantitative estimate of drug-likeness (QED) is 0.788. The number of pyridine rings is 1. The van der Waals surface area contributed by atoms with Crippen molar-refractivity contribution in [2.75, 3.05) is 13.1 Å². The molecule has 1 N–H and O–H groups in total. The molecule has 0 bridgehead atoms. The highest BCUT2D eigenvalue weighted by atomic mass is 19.1. The molecule has 2 aromatic heterocycles. The number of piperidine rings is 1. The summed E-state index contributed by atoms with van der Waals surface area (Å²) in [6.45, 7) is 1.94. The predicted molar refractivity (Wildman–Crippen MR) is 57.8 cm³/mol. The van der Waals surface area contributed by atoms with Crippen LogP contribution in [0.25, 0.3) is 5.65 Å². The van der Waals surface area contributed by atoms with E-state index in [1.165, 1.54) is 10.6 Å². The van der Waals surface area contributed by atoms with Gasteiger partial charge in [-0.2, -0.15) is 5.10 Å². The Kier molecular flexibility index (Phi) is 2.32. The minimum atomic E-state index is -0.315. The van der Waals surface area contributed by atoms with Gasteiger partial charge in [-0.3, -0.25) is 0 Å². The second-order valence-electron chi connectivity index (χ2n) is 4.14. The molecule has 0 aromatic carbocycles. The summed E-state index contributed by atoms with van der Waals surface area (Å²) >= 11 is 0. The molecule has 1 unspecified atom stereocenters. The van der Waals surface area contributed by atoms with Crippen molar-refractivity contribution >= 4 is 5.65 Å². The van der Waals surface area contributed by atoms with Crippen LogP contribution in [0, 0.1) is 5.82 Å². The number of rotatable bonds is 1. The van der Waals surface area contributed by atoms with Crippen molar-refractivity contribution in [2.24, 2.45) is 0 Å². The first-order valence-corrected chi connectivity index (χ1v) is 5.56. The molecule has 0 aliphatic carbocycles. The molecule has 1 aliphatic heterocycles. The summed E-state index contributed by atoms with van der Waals surface area (Å²) in [5, 5.41) is 7.63. The Bertz CT molecular complexity index is 502. The van der Waals surface area contributed by atoms with E-state index >= 15 is 0 Å². The van der Waals surface area contributed by atoms with Crippen molar-refractivity contribution in [3.63, 3.8) is 0 Å². The van der Waals surface area contributed by atoms with Gasteiger partial charge in [-0.15, -0.1) is 0 Å². The third-order valence-electron chi connectivity index (χ3n) is 2.99. The zero-order valence-corrected chi connectivity index (χ0v) is 8.86. The summed E-state index contributed by atoms with van der Waals surface area (Å²) in [7, 11) is 0. The van der Waals surface area contributed by atoms with Crippen molar-refractivity contribution in [1.29, 1.82) is 0 Å². The first kappa shape index (κ1) is 9.72. The van der Waals surface area contributed by atoms with Gasteiger partial charge in [-0.1, -0.05) is 0 Å². The van der Waals surface area contributed by atoms with E-state index in [0.29, 0.717) is 11.6 Å². The predicted octanol–water partition coefficient (Wildman–Crippen LogP) is 1.34. The lowest BCUT2D eigenvalue weighted by atomic mass is 9.99. The van der Waals surface area contributed by atoms with Crippen LogP contribution < -0.4 is 5.32 Å². The van der Waals surface area contributed by atoms with E-state index in [4.69, 9.17) is 0 Å². The first-order valence-electron chi connectivity index (χ1n) is 5.56. The number of nitrogens with zero attached hydrogens (tertiary/aromatic N) is 3. The summed E-state index contributed by atoms with van der Waals surface area (Å²) in [4.78, 5) is 4.27. The molecule has 2 aromatic rings. The molecule has 5 heteroatoms. The van der Waals surface area contributed by atoms with Crippen LogP contribution in [-0.4, -0.2) is 27.7 Å². The van der Waals surface area contributed by atoms with Gasteiger partial charge in [0.2, 0.25) is 0 Å². The lowest BCUT2D eigenvalue weighted by molar-refractivity contribution is 0.447. The lowest BCUT2D eigenvalue weighted by Gasteiger charge is -2.19. The number of halogens is 1. The number of fused-ring (bicyclic) bond motifs is 1.